The van der Waals surface area contributed by atoms with E-state index < -0.39 is 10.0 Å². The quantitative estimate of drug-likeness (QED) is 0.605. The first-order valence-corrected chi connectivity index (χ1v) is 11.3. The molecule has 0 fully saturated rings. The van der Waals surface area contributed by atoms with Gasteiger partial charge in [-0.1, -0.05) is 45.0 Å². The predicted octanol–water partition coefficient (Wildman–Crippen LogP) is 4.76. The molecule has 3 aromatic rings. The van der Waals surface area contributed by atoms with Gasteiger partial charge in [-0.15, -0.1) is 0 Å². The smallest absolute Gasteiger partial charge is 0.213 e. The number of hydrogen-bond donors (Lipinski definition) is 1. The van der Waals surface area contributed by atoms with Crippen molar-refractivity contribution < 1.29 is 13.2 Å². The molecule has 28 heavy (non-hydrogen) atoms. The Kier molecular flexibility index (Phi) is 5.53. The van der Waals surface area contributed by atoms with E-state index in [-0.39, 0.29) is 11.2 Å². The second-order valence-electron chi connectivity index (χ2n) is 7.81. The van der Waals surface area contributed by atoms with Gasteiger partial charge < -0.3 is 4.74 Å². The van der Waals surface area contributed by atoms with E-state index in [9.17, 15) is 8.42 Å². The van der Waals surface area contributed by atoms with E-state index in [0.29, 0.717) is 5.56 Å². The van der Waals surface area contributed by atoms with Crippen LogP contribution in [0.1, 0.15) is 31.9 Å². The van der Waals surface area contributed by atoms with Crippen LogP contribution >= 0.6 is 15.9 Å². The van der Waals surface area contributed by atoms with Crippen molar-refractivity contribution in [1.82, 2.24) is 4.98 Å². The maximum absolute atomic E-state index is 11.3. The Morgan fingerprint density at radius 1 is 1.11 bits per heavy atom. The predicted molar refractivity (Wildman–Crippen MR) is 117 cm³/mol. The number of benzene rings is 2. The lowest BCUT2D eigenvalue weighted by atomic mass is 9.85. The van der Waals surface area contributed by atoms with Gasteiger partial charge in [-0.2, -0.15) is 0 Å². The minimum atomic E-state index is -3.55. The minimum Gasteiger partial charge on any atom is -0.496 e. The zero-order valence-electron chi connectivity index (χ0n) is 16.3. The van der Waals surface area contributed by atoms with Gasteiger partial charge in [0.25, 0.3) is 0 Å². The number of hydrogen-bond acceptors (Lipinski definition) is 4. The fourth-order valence-electron chi connectivity index (χ4n) is 3.19. The second kappa shape index (κ2) is 7.46. The third-order valence-corrected chi connectivity index (χ3v) is 5.88. The average molecular weight is 463 g/mol. The highest BCUT2D eigenvalue weighted by molar-refractivity contribution is 9.10. The zero-order valence-corrected chi connectivity index (χ0v) is 18.7. The summed E-state index contributed by atoms with van der Waals surface area (Å²) in [7, 11) is -1.88. The Morgan fingerprint density at radius 3 is 2.29 bits per heavy atom. The molecule has 0 radical (unpaired) electrons. The lowest BCUT2D eigenvalue weighted by Crippen LogP contribution is -2.14. The molecule has 0 aliphatic heterocycles. The summed E-state index contributed by atoms with van der Waals surface area (Å²) in [5, 5.41) is 6.04. The van der Waals surface area contributed by atoms with Gasteiger partial charge in [0.2, 0.25) is 10.0 Å². The molecule has 0 saturated carbocycles. The molecule has 1 heterocycles. The molecule has 2 aromatic carbocycles. The molecular formula is C21H23BrN2O3S. The van der Waals surface area contributed by atoms with Crippen LogP contribution in [0, 0.1) is 0 Å². The Balaban J connectivity index is 2.13. The van der Waals surface area contributed by atoms with E-state index in [2.05, 4.69) is 53.8 Å². The Morgan fingerprint density at radius 2 is 1.75 bits per heavy atom. The minimum absolute atomic E-state index is 0.0899. The molecule has 1 aromatic heterocycles. The first kappa shape index (κ1) is 20.8. The summed E-state index contributed by atoms with van der Waals surface area (Å²) >= 11 is 3.63. The summed E-state index contributed by atoms with van der Waals surface area (Å²) in [4.78, 5) is 4.63. The van der Waals surface area contributed by atoms with Gasteiger partial charge in [0.05, 0.1) is 18.4 Å². The number of nitrogens with zero attached hydrogens (tertiary/aromatic N) is 1. The van der Waals surface area contributed by atoms with Crippen LogP contribution in [0.15, 0.2) is 47.1 Å². The number of sulfonamides is 1. The van der Waals surface area contributed by atoms with Gasteiger partial charge in [-0.25, -0.2) is 13.6 Å². The van der Waals surface area contributed by atoms with Crippen LogP contribution in [0.3, 0.4) is 0 Å². The van der Waals surface area contributed by atoms with Crippen LogP contribution in [-0.4, -0.2) is 20.5 Å². The van der Waals surface area contributed by atoms with E-state index in [1.54, 1.807) is 25.4 Å². The molecular weight excluding hydrogens is 440 g/mol. The molecule has 148 valence electrons. The number of nitrogens with two attached hydrogens (primary N) is 1. The number of methoxy groups -OCH3 is 1. The van der Waals surface area contributed by atoms with Gasteiger partial charge in [-0.05, 0) is 44.6 Å². The largest absolute Gasteiger partial charge is 0.496 e. The Hall–Kier alpha value is -1.96. The zero-order chi connectivity index (χ0) is 20.7. The molecule has 0 spiro atoms. The van der Waals surface area contributed by atoms with E-state index in [1.807, 2.05) is 12.1 Å². The molecule has 0 bridgehead atoms. The number of rotatable bonds is 4. The normalized spacial score (nSPS) is 12.4. The van der Waals surface area contributed by atoms with E-state index in [1.165, 1.54) is 0 Å². The van der Waals surface area contributed by atoms with Crippen LogP contribution in [0.25, 0.3) is 22.0 Å². The monoisotopic (exact) mass is 462 g/mol. The number of primary sulfonamides is 1. The van der Waals surface area contributed by atoms with Crippen LogP contribution in [0.4, 0.5) is 0 Å². The van der Waals surface area contributed by atoms with Crippen LogP contribution in [0.2, 0.25) is 0 Å². The number of ether oxygens (including phenoxy) is 1. The molecule has 0 aliphatic rings. The highest BCUT2D eigenvalue weighted by Gasteiger charge is 2.23. The summed E-state index contributed by atoms with van der Waals surface area (Å²) in [6.45, 7) is 6.43. The Bertz CT molecular complexity index is 1140. The number of halogens is 1. The third-order valence-electron chi connectivity index (χ3n) is 4.54. The highest BCUT2D eigenvalue weighted by Crippen LogP contribution is 2.41. The Labute approximate surface area is 174 Å². The maximum atomic E-state index is 11.3. The summed E-state index contributed by atoms with van der Waals surface area (Å²) in [6.07, 6.45) is 1.80. The van der Waals surface area contributed by atoms with Gasteiger partial charge in [-0.3, -0.25) is 4.98 Å². The molecule has 5 nitrogen and oxygen atoms in total. The average Bonchev–Trinajstić information content (AvgIpc) is 2.60. The van der Waals surface area contributed by atoms with Crippen molar-refractivity contribution in [3.8, 4) is 16.9 Å². The number of aromatic nitrogens is 1. The van der Waals surface area contributed by atoms with Crippen molar-refractivity contribution in [2.45, 2.75) is 31.9 Å². The molecule has 0 atom stereocenters. The summed E-state index contributed by atoms with van der Waals surface area (Å²) in [6, 6.07) is 11.4. The molecule has 0 unspecified atom stereocenters. The molecule has 0 saturated heterocycles. The van der Waals surface area contributed by atoms with Gasteiger partial charge >= 0.3 is 0 Å². The lowest BCUT2D eigenvalue weighted by molar-refractivity contribution is 0.402. The summed E-state index contributed by atoms with van der Waals surface area (Å²) in [5.74, 6) is 0.629. The molecule has 0 aliphatic carbocycles. The third kappa shape index (κ3) is 4.37. The molecule has 3 rings (SSSR count). The lowest BCUT2D eigenvalue weighted by Gasteiger charge is -2.24. The van der Waals surface area contributed by atoms with Gasteiger partial charge in [0.1, 0.15) is 5.75 Å². The fraction of sp³-hybridized carbons (Fsp3) is 0.286. The van der Waals surface area contributed by atoms with E-state index >= 15 is 0 Å². The van der Waals surface area contributed by atoms with E-state index in [0.717, 1.165) is 37.8 Å². The molecule has 0 amide bonds. The SMILES string of the molecule is COc1c(C(C)(C)C)cc(Br)c2ncc(-c3ccc(CS(N)(=O)=O)cc3)cc12. The van der Waals surface area contributed by atoms with Crippen molar-refractivity contribution in [1.29, 1.82) is 0 Å². The van der Waals surface area contributed by atoms with Crippen molar-refractivity contribution >= 4 is 36.9 Å². The highest BCUT2D eigenvalue weighted by atomic mass is 79.9. The summed E-state index contributed by atoms with van der Waals surface area (Å²) in [5.41, 5.74) is 4.34. The van der Waals surface area contributed by atoms with Crippen molar-refractivity contribution in [3.63, 3.8) is 0 Å². The van der Waals surface area contributed by atoms with Crippen LogP contribution in [0.5, 0.6) is 5.75 Å². The number of fused-ring (bicyclic) bond motifs is 1. The molecule has 7 heteroatoms. The number of pyridine rings is 1. The summed E-state index contributed by atoms with van der Waals surface area (Å²) < 4.78 is 29.2. The topological polar surface area (TPSA) is 82.3 Å². The van der Waals surface area contributed by atoms with Gasteiger partial charge in [0, 0.05) is 27.2 Å². The standard InChI is InChI=1S/C21H23BrN2O3S/c1-21(2,3)17-10-18(22)19-16(20(17)27-4)9-15(11-24-19)14-7-5-13(6-8-14)12-28(23,25)26/h5-11H,12H2,1-4H3,(H2,23,25,26). The van der Waals surface area contributed by atoms with Crippen LogP contribution < -0.4 is 9.88 Å². The maximum Gasteiger partial charge on any atom is 0.213 e. The van der Waals surface area contributed by atoms with Crippen LogP contribution in [-0.2, 0) is 21.2 Å². The fourth-order valence-corrected chi connectivity index (χ4v) is 4.40. The van der Waals surface area contributed by atoms with Crippen molar-refractivity contribution in [3.05, 3.63) is 58.2 Å². The first-order chi connectivity index (χ1) is 13.0. The second-order valence-corrected chi connectivity index (χ2v) is 10.3. The van der Waals surface area contributed by atoms with Crippen molar-refractivity contribution in [2.75, 3.05) is 7.11 Å². The van der Waals surface area contributed by atoms with E-state index in [4.69, 9.17) is 9.88 Å². The first-order valence-electron chi connectivity index (χ1n) is 8.76. The van der Waals surface area contributed by atoms with Gasteiger partial charge in [0.15, 0.2) is 0 Å². The van der Waals surface area contributed by atoms with Crippen molar-refractivity contribution in [2.24, 2.45) is 5.14 Å². The molecule has 2 N–H and O–H groups in total.